The minimum absolute atomic E-state index is 0.253. The molecule has 74 valence electrons. The van der Waals surface area contributed by atoms with Gasteiger partial charge < -0.3 is 0 Å². The molecule has 0 radical (unpaired) electrons. The van der Waals surface area contributed by atoms with Crippen LogP contribution in [0.4, 0.5) is 0 Å². The summed E-state index contributed by atoms with van der Waals surface area (Å²) in [5.41, 5.74) is 0. The normalized spacial score (nSPS) is 9.50. The molecular weight excluding hydrogens is 202 g/mol. The summed E-state index contributed by atoms with van der Waals surface area (Å²) in [6.45, 7) is 1.30. The molecule has 0 saturated heterocycles. The third-order valence-corrected chi connectivity index (χ3v) is 2.28. The maximum atomic E-state index is 11.3. The van der Waals surface area contributed by atoms with Crippen LogP contribution in [-0.4, -0.2) is 17.6 Å². The van der Waals surface area contributed by atoms with Crippen LogP contribution < -0.4 is 5.32 Å². The summed E-state index contributed by atoms with van der Waals surface area (Å²) in [5.74, 6) is -1.27. The number of thiophene rings is 1. The maximum absolute atomic E-state index is 11.3. The van der Waals surface area contributed by atoms with E-state index in [1.165, 1.54) is 18.3 Å². The first-order chi connectivity index (χ1) is 6.59. The molecular formula is C9H9NO3S. The molecule has 0 bridgehead atoms. The van der Waals surface area contributed by atoms with Crippen LogP contribution in [0.3, 0.4) is 0 Å². The lowest BCUT2D eigenvalue weighted by Crippen LogP contribution is -2.30. The molecule has 1 rings (SSSR count). The minimum Gasteiger partial charge on any atom is -0.299 e. The highest BCUT2D eigenvalue weighted by molar-refractivity contribution is 7.12. The van der Waals surface area contributed by atoms with Gasteiger partial charge in [-0.25, -0.2) is 0 Å². The molecule has 0 aliphatic heterocycles. The van der Waals surface area contributed by atoms with E-state index in [9.17, 15) is 14.4 Å². The Morgan fingerprint density at radius 2 is 2.14 bits per heavy atom. The Morgan fingerprint density at radius 1 is 1.43 bits per heavy atom. The average Bonchev–Trinajstić information content (AvgIpc) is 2.53. The third-order valence-electron chi connectivity index (χ3n) is 1.41. The predicted molar refractivity (Wildman–Crippen MR) is 52.1 cm³/mol. The van der Waals surface area contributed by atoms with Crippen molar-refractivity contribution < 1.29 is 14.4 Å². The lowest BCUT2D eigenvalue weighted by Gasteiger charge is -1.99. The van der Waals surface area contributed by atoms with Gasteiger partial charge in [-0.05, 0) is 18.4 Å². The smallest absolute Gasteiger partial charge is 0.267 e. The van der Waals surface area contributed by atoms with Crippen LogP contribution >= 0.6 is 11.3 Å². The Morgan fingerprint density at radius 3 is 2.64 bits per heavy atom. The second-order valence-corrected chi connectivity index (χ2v) is 3.68. The number of Topliss-reactive ketones (excluding diaryl/α,β-unsaturated/α-hetero) is 1. The van der Waals surface area contributed by atoms with Crippen molar-refractivity contribution in [1.29, 1.82) is 0 Å². The minimum atomic E-state index is -0.559. The Hall–Kier alpha value is -1.49. The van der Waals surface area contributed by atoms with Crippen LogP contribution in [-0.2, 0) is 9.59 Å². The number of rotatable bonds is 3. The van der Waals surface area contributed by atoms with Crippen molar-refractivity contribution in [3.8, 4) is 0 Å². The number of nitrogens with one attached hydrogen (secondary N) is 1. The van der Waals surface area contributed by atoms with E-state index in [1.807, 2.05) is 0 Å². The first-order valence-electron chi connectivity index (χ1n) is 3.96. The number of hydrogen-bond donors (Lipinski definition) is 1. The topological polar surface area (TPSA) is 63.2 Å². The van der Waals surface area contributed by atoms with Gasteiger partial charge in [0.25, 0.3) is 5.91 Å². The van der Waals surface area contributed by atoms with Gasteiger partial charge in [0.05, 0.1) is 11.3 Å². The van der Waals surface area contributed by atoms with E-state index in [-0.39, 0.29) is 12.2 Å². The molecule has 0 saturated carbocycles. The average molecular weight is 211 g/mol. The molecule has 0 unspecified atom stereocenters. The highest BCUT2D eigenvalue weighted by Crippen LogP contribution is 2.07. The molecule has 0 aromatic carbocycles. The summed E-state index contributed by atoms with van der Waals surface area (Å²) in [4.78, 5) is 33.3. The van der Waals surface area contributed by atoms with Gasteiger partial charge in [0, 0.05) is 0 Å². The van der Waals surface area contributed by atoms with Gasteiger partial charge in [-0.1, -0.05) is 6.07 Å². The summed E-state index contributed by atoms with van der Waals surface area (Å²) in [6.07, 6.45) is -0.253. The number of amides is 2. The number of imide groups is 1. The van der Waals surface area contributed by atoms with Gasteiger partial charge in [-0.3, -0.25) is 19.7 Å². The van der Waals surface area contributed by atoms with Gasteiger partial charge in [-0.15, -0.1) is 11.3 Å². The van der Waals surface area contributed by atoms with E-state index in [1.54, 1.807) is 17.5 Å². The number of hydrogen-bond acceptors (Lipinski definition) is 4. The highest BCUT2D eigenvalue weighted by Gasteiger charge is 2.11. The molecule has 0 aliphatic rings. The maximum Gasteiger partial charge on any atom is 0.267 e. The molecule has 2 amide bonds. The van der Waals surface area contributed by atoms with Crippen molar-refractivity contribution in [2.75, 3.05) is 0 Å². The van der Waals surface area contributed by atoms with Gasteiger partial charge in [0.15, 0.2) is 0 Å². The monoisotopic (exact) mass is 211 g/mol. The lowest BCUT2D eigenvalue weighted by molar-refractivity contribution is -0.126. The fraction of sp³-hybridized carbons (Fsp3) is 0.222. The van der Waals surface area contributed by atoms with E-state index < -0.39 is 11.8 Å². The zero-order valence-electron chi connectivity index (χ0n) is 7.57. The molecule has 4 nitrogen and oxygen atoms in total. The summed E-state index contributed by atoms with van der Waals surface area (Å²) in [6, 6.07) is 3.33. The highest BCUT2D eigenvalue weighted by atomic mass is 32.1. The van der Waals surface area contributed by atoms with Crippen LogP contribution in [0.5, 0.6) is 0 Å². The van der Waals surface area contributed by atoms with Crippen LogP contribution in [0.1, 0.15) is 23.0 Å². The summed E-state index contributed by atoms with van der Waals surface area (Å²) >= 11 is 1.24. The Labute approximate surface area is 84.9 Å². The van der Waals surface area contributed by atoms with E-state index >= 15 is 0 Å². The number of ketones is 1. The van der Waals surface area contributed by atoms with Crippen LogP contribution in [0, 0.1) is 0 Å². The largest absolute Gasteiger partial charge is 0.299 e. The standard InChI is InChI=1S/C9H9NO3S/c1-6(11)5-8(12)10-9(13)7-3-2-4-14-7/h2-4H,5H2,1H3,(H,10,12,13). The number of carbonyl (C=O) groups is 3. The molecule has 1 N–H and O–H groups in total. The molecule has 1 aromatic rings. The fourth-order valence-electron chi connectivity index (χ4n) is 0.866. The zero-order chi connectivity index (χ0) is 10.6. The summed E-state index contributed by atoms with van der Waals surface area (Å²) in [5, 5.41) is 3.87. The van der Waals surface area contributed by atoms with Crippen molar-refractivity contribution in [1.82, 2.24) is 5.32 Å². The van der Waals surface area contributed by atoms with Crippen molar-refractivity contribution in [2.45, 2.75) is 13.3 Å². The Kier molecular flexibility index (Phi) is 3.53. The second-order valence-electron chi connectivity index (χ2n) is 2.73. The Bertz CT molecular complexity index is 356. The second kappa shape index (κ2) is 4.66. The van der Waals surface area contributed by atoms with E-state index in [0.717, 1.165) is 0 Å². The van der Waals surface area contributed by atoms with Crippen molar-refractivity contribution in [3.63, 3.8) is 0 Å². The molecule has 1 aromatic heterocycles. The lowest BCUT2D eigenvalue weighted by atomic mass is 10.3. The van der Waals surface area contributed by atoms with Crippen molar-refractivity contribution in [3.05, 3.63) is 22.4 Å². The predicted octanol–water partition coefficient (Wildman–Crippen LogP) is 0.984. The molecule has 0 atom stereocenters. The first-order valence-corrected chi connectivity index (χ1v) is 4.84. The molecule has 14 heavy (non-hydrogen) atoms. The first kappa shape index (κ1) is 10.6. The van der Waals surface area contributed by atoms with E-state index in [4.69, 9.17) is 0 Å². The van der Waals surface area contributed by atoms with Gasteiger partial charge in [-0.2, -0.15) is 0 Å². The van der Waals surface area contributed by atoms with Gasteiger partial charge in [0.2, 0.25) is 5.91 Å². The van der Waals surface area contributed by atoms with Gasteiger partial charge in [0.1, 0.15) is 5.78 Å². The summed E-state index contributed by atoms with van der Waals surface area (Å²) in [7, 11) is 0. The quantitative estimate of drug-likeness (QED) is 0.758. The molecule has 1 heterocycles. The molecule has 5 heteroatoms. The molecule has 0 aliphatic carbocycles. The third kappa shape index (κ3) is 3.10. The molecule has 0 spiro atoms. The van der Waals surface area contributed by atoms with E-state index in [0.29, 0.717) is 4.88 Å². The zero-order valence-corrected chi connectivity index (χ0v) is 8.39. The Balaban J connectivity index is 2.50. The number of carbonyl (C=O) groups excluding carboxylic acids is 3. The summed E-state index contributed by atoms with van der Waals surface area (Å²) < 4.78 is 0. The van der Waals surface area contributed by atoms with Gasteiger partial charge >= 0.3 is 0 Å². The van der Waals surface area contributed by atoms with Crippen molar-refractivity contribution >= 4 is 28.9 Å². The van der Waals surface area contributed by atoms with Crippen molar-refractivity contribution in [2.24, 2.45) is 0 Å². The SMILES string of the molecule is CC(=O)CC(=O)NC(=O)c1cccs1. The van der Waals surface area contributed by atoms with Crippen LogP contribution in [0.25, 0.3) is 0 Å². The van der Waals surface area contributed by atoms with Crippen LogP contribution in [0.15, 0.2) is 17.5 Å². The molecule has 0 fully saturated rings. The van der Waals surface area contributed by atoms with E-state index in [2.05, 4.69) is 5.32 Å². The fourth-order valence-corrected chi connectivity index (χ4v) is 1.49. The van der Waals surface area contributed by atoms with Crippen LogP contribution in [0.2, 0.25) is 0 Å².